The molecule has 2 nitrogen and oxygen atoms in total. The zero-order valence-electron chi connectivity index (χ0n) is 9.34. The second-order valence-electron chi connectivity index (χ2n) is 4.36. The van der Waals surface area contributed by atoms with Crippen LogP contribution in [0.1, 0.15) is 32.6 Å². The molecule has 0 aromatic heterocycles. The van der Waals surface area contributed by atoms with Crippen molar-refractivity contribution < 1.29 is 0 Å². The number of nitrogens with zero attached hydrogens (tertiary/aromatic N) is 1. The molecule has 2 heteroatoms. The maximum atomic E-state index is 3.27. The Labute approximate surface area is 82.7 Å². The molecule has 0 aromatic carbocycles. The summed E-state index contributed by atoms with van der Waals surface area (Å²) in [5, 5.41) is 3.27. The lowest BCUT2D eigenvalue weighted by molar-refractivity contribution is 0.157. The summed E-state index contributed by atoms with van der Waals surface area (Å²) in [6.07, 6.45) is 5.63. The molecule has 0 saturated heterocycles. The summed E-state index contributed by atoms with van der Waals surface area (Å²) in [7, 11) is 4.31. The molecule has 1 aliphatic rings. The summed E-state index contributed by atoms with van der Waals surface area (Å²) >= 11 is 0. The van der Waals surface area contributed by atoms with E-state index >= 15 is 0 Å². The molecule has 0 bridgehead atoms. The van der Waals surface area contributed by atoms with Crippen LogP contribution in [0.2, 0.25) is 0 Å². The molecule has 0 aliphatic heterocycles. The minimum atomic E-state index is 0.727. The molecule has 1 N–H and O–H groups in total. The molecule has 1 rings (SSSR count). The lowest BCUT2D eigenvalue weighted by Crippen LogP contribution is -2.42. The number of hydrogen-bond acceptors (Lipinski definition) is 2. The Kier molecular flexibility index (Phi) is 4.74. The summed E-state index contributed by atoms with van der Waals surface area (Å²) in [5.41, 5.74) is 0. The second kappa shape index (κ2) is 5.61. The number of rotatable bonds is 6. The van der Waals surface area contributed by atoms with Gasteiger partial charge in [-0.25, -0.2) is 0 Å². The quantitative estimate of drug-likeness (QED) is 0.676. The average molecular weight is 184 g/mol. The minimum Gasteiger partial charge on any atom is -0.318 e. The molecule has 0 spiro atoms. The molecular formula is C11H24N2. The van der Waals surface area contributed by atoms with Crippen molar-refractivity contribution in [1.82, 2.24) is 10.2 Å². The average Bonchev–Trinajstić information content (AvgIpc) is 2.07. The smallest absolute Gasteiger partial charge is 0.0214 e. The maximum Gasteiger partial charge on any atom is 0.0214 e. The summed E-state index contributed by atoms with van der Waals surface area (Å²) in [6, 6.07) is 0.727. The van der Waals surface area contributed by atoms with E-state index in [-0.39, 0.29) is 0 Å². The van der Waals surface area contributed by atoms with Gasteiger partial charge in [-0.05, 0) is 39.3 Å². The van der Waals surface area contributed by atoms with E-state index in [9.17, 15) is 0 Å². The molecule has 1 unspecified atom stereocenters. The Morgan fingerprint density at radius 3 is 2.54 bits per heavy atom. The van der Waals surface area contributed by atoms with E-state index in [1.54, 1.807) is 0 Å². The van der Waals surface area contributed by atoms with Crippen molar-refractivity contribution in [2.75, 3.05) is 27.2 Å². The van der Waals surface area contributed by atoms with Crippen molar-refractivity contribution in [3.63, 3.8) is 0 Å². The predicted octanol–water partition coefficient (Wildman–Crippen LogP) is 1.72. The van der Waals surface area contributed by atoms with Gasteiger partial charge in [0.25, 0.3) is 0 Å². The molecule has 0 amide bonds. The Hall–Kier alpha value is -0.0800. The predicted molar refractivity (Wildman–Crippen MR) is 58.0 cm³/mol. The minimum absolute atomic E-state index is 0.727. The van der Waals surface area contributed by atoms with Gasteiger partial charge in [0.15, 0.2) is 0 Å². The van der Waals surface area contributed by atoms with Gasteiger partial charge in [-0.3, -0.25) is 0 Å². The van der Waals surface area contributed by atoms with Gasteiger partial charge in [-0.1, -0.05) is 13.3 Å². The first-order chi connectivity index (χ1) is 6.27. The van der Waals surface area contributed by atoms with Crippen molar-refractivity contribution in [2.24, 2.45) is 5.92 Å². The lowest BCUT2D eigenvalue weighted by Gasteiger charge is -2.34. The summed E-state index contributed by atoms with van der Waals surface area (Å²) in [6.45, 7) is 4.71. The lowest BCUT2D eigenvalue weighted by atomic mass is 9.85. The van der Waals surface area contributed by atoms with Crippen LogP contribution in [0.5, 0.6) is 0 Å². The molecule has 0 radical (unpaired) electrons. The van der Waals surface area contributed by atoms with Gasteiger partial charge < -0.3 is 10.2 Å². The van der Waals surface area contributed by atoms with Gasteiger partial charge in [0.05, 0.1) is 0 Å². The molecule has 1 saturated carbocycles. The third kappa shape index (κ3) is 3.28. The van der Waals surface area contributed by atoms with E-state index in [1.807, 2.05) is 7.05 Å². The van der Waals surface area contributed by atoms with Crippen LogP contribution in [0.4, 0.5) is 0 Å². The molecule has 1 fully saturated rings. The highest BCUT2D eigenvalue weighted by atomic mass is 15.1. The summed E-state index contributed by atoms with van der Waals surface area (Å²) in [4.78, 5) is 2.53. The van der Waals surface area contributed by atoms with Crippen LogP contribution in [0.15, 0.2) is 0 Å². The Bertz CT molecular complexity index is 132. The van der Waals surface area contributed by atoms with Gasteiger partial charge >= 0.3 is 0 Å². The molecule has 1 aliphatic carbocycles. The van der Waals surface area contributed by atoms with Crippen molar-refractivity contribution >= 4 is 0 Å². The molecule has 78 valence electrons. The topological polar surface area (TPSA) is 15.3 Å². The molecular weight excluding hydrogens is 160 g/mol. The summed E-state index contributed by atoms with van der Waals surface area (Å²) < 4.78 is 0. The van der Waals surface area contributed by atoms with Gasteiger partial charge in [0, 0.05) is 19.1 Å². The molecule has 0 heterocycles. The number of nitrogens with one attached hydrogen (secondary N) is 1. The Balaban J connectivity index is 2.20. The van der Waals surface area contributed by atoms with Gasteiger partial charge in [0.2, 0.25) is 0 Å². The summed E-state index contributed by atoms with van der Waals surface area (Å²) in [5.74, 6) is 0.996. The van der Waals surface area contributed by atoms with Crippen LogP contribution in [0.25, 0.3) is 0 Å². The van der Waals surface area contributed by atoms with Crippen LogP contribution >= 0.6 is 0 Å². The third-order valence-electron chi connectivity index (χ3n) is 3.31. The third-order valence-corrected chi connectivity index (χ3v) is 3.31. The van der Waals surface area contributed by atoms with E-state index in [4.69, 9.17) is 0 Å². The fourth-order valence-electron chi connectivity index (χ4n) is 2.08. The molecule has 0 aromatic rings. The monoisotopic (exact) mass is 184 g/mol. The molecule has 1 atom stereocenters. The zero-order chi connectivity index (χ0) is 9.68. The van der Waals surface area contributed by atoms with Crippen molar-refractivity contribution in [1.29, 1.82) is 0 Å². The van der Waals surface area contributed by atoms with Crippen LogP contribution < -0.4 is 5.32 Å². The van der Waals surface area contributed by atoms with Gasteiger partial charge in [-0.2, -0.15) is 0 Å². The van der Waals surface area contributed by atoms with E-state index in [2.05, 4.69) is 24.2 Å². The standard InChI is InChI=1S/C11H24N2/c1-4-11(8-12-2)13(3)9-10-6-5-7-10/h10-12H,4-9H2,1-3H3. The molecule has 13 heavy (non-hydrogen) atoms. The van der Waals surface area contributed by atoms with E-state index in [1.165, 1.54) is 32.2 Å². The number of hydrogen-bond donors (Lipinski definition) is 1. The van der Waals surface area contributed by atoms with Gasteiger partial charge in [0.1, 0.15) is 0 Å². The fraction of sp³-hybridized carbons (Fsp3) is 1.00. The van der Waals surface area contributed by atoms with E-state index < -0.39 is 0 Å². The highest BCUT2D eigenvalue weighted by Gasteiger charge is 2.21. The van der Waals surface area contributed by atoms with E-state index in [0.29, 0.717) is 0 Å². The second-order valence-corrected chi connectivity index (χ2v) is 4.36. The van der Waals surface area contributed by atoms with E-state index in [0.717, 1.165) is 18.5 Å². The maximum absolute atomic E-state index is 3.27. The van der Waals surface area contributed by atoms with Crippen molar-refractivity contribution in [2.45, 2.75) is 38.6 Å². The van der Waals surface area contributed by atoms with Crippen LogP contribution in [0, 0.1) is 5.92 Å². The Morgan fingerprint density at radius 1 is 1.46 bits per heavy atom. The van der Waals surface area contributed by atoms with Crippen LogP contribution in [-0.2, 0) is 0 Å². The first-order valence-corrected chi connectivity index (χ1v) is 5.62. The zero-order valence-corrected chi connectivity index (χ0v) is 9.34. The largest absolute Gasteiger partial charge is 0.318 e. The highest BCUT2D eigenvalue weighted by Crippen LogP contribution is 2.27. The normalized spacial score (nSPS) is 20.3. The number of likely N-dealkylation sites (N-methyl/N-ethyl adjacent to an activating group) is 2. The Morgan fingerprint density at radius 2 is 2.15 bits per heavy atom. The van der Waals surface area contributed by atoms with Crippen LogP contribution in [0.3, 0.4) is 0 Å². The van der Waals surface area contributed by atoms with Crippen LogP contribution in [-0.4, -0.2) is 38.1 Å². The van der Waals surface area contributed by atoms with Crippen molar-refractivity contribution in [3.8, 4) is 0 Å². The first kappa shape index (κ1) is 11.0. The first-order valence-electron chi connectivity index (χ1n) is 5.62. The fourth-order valence-corrected chi connectivity index (χ4v) is 2.08. The van der Waals surface area contributed by atoms with Gasteiger partial charge in [-0.15, -0.1) is 0 Å². The SMILES string of the molecule is CCC(CNC)N(C)CC1CCC1. The van der Waals surface area contributed by atoms with Crippen molar-refractivity contribution in [3.05, 3.63) is 0 Å². The highest BCUT2D eigenvalue weighted by molar-refractivity contribution is 4.76.